The molecule has 8 heavy (non-hydrogen) atoms. The molecule has 0 saturated carbocycles. The summed E-state index contributed by atoms with van der Waals surface area (Å²) in [5, 5.41) is 0. The van der Waals surface area contributed by atoms with Crippen LogP contribution in [0.15, 0.2) is 12.7 Å². The van der Waals surface area contributed by atoms with Crippen molar-refractivity contribution in [2.24, 2.45) is 5.92 Å². The quantitative estimate of drug-likeness (QED) is 0.400. The lowest BCUT2D eigenvalue weighted by Gasteiger charge is -1.95. The molecular weight excluding hydrogens is 100 g/mol. The topological polar surface area (TPSA) is 17.1 Å². The van der Waals surface area contributed by atoms with Crippen molar-refractivity contribution < 1.29 is 4.79 Å². The van der Waals surface area contributed by atoms with E-state index in [1.54, 1.807) is 0 Å². The van der Waals surface area contributed by atoms with Gasteiger partial charge in [-0.05, 0) is 12.8 Å². The fourth-order valence-electron chi connectivity index (χ4n) is 0.449. The number of carbonyl (C=O) groups is 1. The Morgan fingerprint density at radius 1 is 1.75 bits per heavy atom. The predicted molar refractivity (Wildman–Crippen MR) is 34.7 cm³/mol. The maximum atomic E-state index is 9.98. The van der Waals surface area contributed by atoms with Gasteiger partial charge >= 0.3 is 0 Å². The molecule has 0 aliphatic rings. The maximum absolute atomic E-state index is 9.98. The largest absolute Gasteiger partial charge is 0.303 e. The molecule has 0 unspecified atom stereocenters. The summed E-state index contributed by atoms with van der Waals surface area (Å²) in [6, 6.07) is 0. The smallest absolute Gasteiger partial charge is 0.122 e. The zero-order valence-corrected chi connectivity index (χ0v) is 5.26. The lowest BCUT2D eigenvalue weighted by atomic mass is 10.1. The molecule has 0 aromatic rings. The molecule has 0 aliphatic heterocycles. The van der Waals surface area contributed by atoms with Gasteiger partial charge in [0.05, 0.1) is 0 Å². The van der Waals surface area contributed by atoms with Gasteiger partial charge in [-0.25, -0.2) is 0 Å². The van der Waals surface area contributed by atoms with E-state index in [-0.39, 0.29) is 5.92 Å². The number of hydrogen-bond donors (Lipinski definition) is 0. The fourth-order valence-corrected chi connectivity index (χ4v) is 0.449. The SMILES string of the molecule is C=CCC[C@H](C)C=O. The number of allylic oxidation sites excluding steroid dienone is 1. The molecule has 0 spiro atoms. The van der Waals surface area contributed by atoms with E-state index in [1.807, 2.05) is 13.0 Å². The molecule has 0 heterocycles. The first-order chi connectivity index (χ1) is 3.81. The summed E-state index contributed by atoms with van der Waals surface area (Å²) in [5.41, 5.74) is 0. The molecule has 0 fully saturated rings. The van der Waals surface area contributed by atoms with Crippen LogP contribution in [0, 0.1) is 5.92 Å². The zero-order chi connectivity index (χ0) is 6.41. The van der Waals surface area contributed by atoms with Gasteiger partial charge in [0.1, 0.15) is 6.29 Å². The van der Waals surface area contributed by atoms with Gasteiger partial charge in [0, 0.05) is 5.92 Å². The molecule has 1 heteroatoms. The molecule has 1 nitrogen and oxygen atoms in total. The van der Waals surface area contributed by atoms with Crippen molar-refractivity contribution in [1.29, 1.82) is 0 Å². The van der Waals surface area contributed by atoms with Gasteiger partial charge in [-0.15, -0.1) is 6.58 Å². The van der Waals surface area contributed by atoms with Crippen LogP contribution in [0.4, 0.5) is 0 Å². The minimum absolute atomic E-state index is 0.202. The lowest BCUT2D eigenvalue weighted by molar-refractivity contribution is -0.110. The van der Waals surface area contributed by atoms with Crippen molar-refractivity contribution in [1.82, 2.24) is 0 Å². The van der Waals surface area contributed by atoms with E-state index in [2.05, 4.69) is 6.58 Å². The summed E-state index contributed by atoms with van der Waals surface area (Å²) in [5.74, 6) is 0.202. The molecule has 0 amide bonds. The fraction of sp³-hybridized carbons (Fsp3) is 0.571. The Morgan fingerprint density at radius 2 is 2.38 bits per heavy atom. The van der Waals surface area contributed by atoms with Crippen LogP contribution in [0.3, 0.4) is 0 Å². The van der Waals surface area contributed by atoms with Gasteiger partial charge in [-0.2, -0.15) is 0 Å². The van der Waals surface area contributed by atoms with Gasteiger partial charge in [0.2, 0.25) is 0 Å². The average molecular weight is 112 g/mol. The van der Waals surface area contributed by atoms with Crippen LogP contribution in [0.5, 0.6) is 0 Å². The molecule has 0 N–H and O–H groups in total. The summed E-state index contributed by atoms with van der Waals surface area (Å²) < 4.78 is 0. The van der Waals surface area contributed by atoms with Crippen LogP contribution < -0.4 is 0 Å². The summed E-state index contributed by atoms with van der Waals surface area (Å²) >= 11 is 0. The highest BCUT2D eigenvalue weighted by atomic mass is 16.1. The third kappa shape index (κ3) is 3.59. The predicted octanol–water partition coefficient (Wildman–Crippen LogP) is 1.79. The van der Waals surface area contributed by atoms with Crippen molar-refractivity contribution >= 4 is 6.29 Å². The maximum Gasteiger partial charge on any atom is 0.122 e. The Morgan fingerprint density at radius 3 is 2.75 bits per heavy atom. The number of hydrogen-bond acceptors (Lipinski definition) is 1. The van der Waals surface area contributed by atoms with E-state index in [0.717, 1.165) is 19.1 Å². The van der Waals surface area contributed by atoms with Gasteiger partial charge in [0.15, 0.2) is 0 Å². The van der Waals surface area contributed by atoms with E-state index in [1.165, 1.54) is 0 Å². The van der Waals surface area contributed by atoms with Crippen LogP contribution in [-0.4, -0.2) is 6.29 Å². The minimum atomic E-state index is 0.202. The van der Waals surface area contributed by atoms with Crippen molar-refractivity contribution in [3.8, 4) is 0 Å². The summed E-state index contributed by atoms with van der Waals surface area (Å²) in [4.78, 5) is 9.98. The first-order valence-electron chi connectivity index (χ1n) is 2.87. The molecule has 0 aromatic carbocycles. The molecule has 0 bridgehead atoms. The van der Waals surface area contributed by atoms with Crippen LogP contribution in [0.2, 0.25) is 0 Å². The third-order valence-electron chi connectivity index (χ3n) is 1.06. The highest BCUT2D eigenvalue weighted by molar-refractivity contribution is 5.52. The normalized spacial score (nSPS) is 12.6. The number of rotatable bonds is 4. The van der Waals surface area contributed by atoms with E-state index in [0.29, 0.717) is 0 Å². The Hall–Kier alpha value is -0.590. The monoisotopic (exact) mass is 112 g/mol. The second kappa shape index (κ2) is 4.57. The molecular formula is C7H12O. The van der Waals surface area contributed by atoms with Crippen LogP contribution in [0.25, 0.3) is 0 Å². The first kappa shape index (κ1) is 7.41. The molecule has 0 saturated heterocycles. The summed E-state index contributed by atoms with van der Waals surface area (Å²) in [6.45, 7) is 5.46. The minimum Gasteiger partial charge on any atom is -0.303 e. The molecule has 0 rings (SSSR count). The van der Waals surface area contributed by atoms with Gasteiger partial charge in [-0.1, -0.05) is 13.0 Å². The van der Waals surface area contributed by atoms with Crippen molar-refractivity contribution in [2.75, 3.05) is 0 Å². The Bertz CT molecular complexity index is 76.5. The van der Waals surface area contributed by atoms with E-state index in [4.69, 9.17) is 0 Å². The Labute approximate surface area is 50.4 Å². The van der Waals surface area contributed by atoms with E-state index >= 15 is 0 Å². The molecule has 1 atom stereocenters. The first-order valence-corrected chi connectivity index (χ1v) is 2.87. The standard InChI is InChI=1S/C7H12O/c1-3-4-5-7(2)6-8/h3,6-7H,1,4-5H2,2H3/t7-/m0/s1. The molecule has 0 radical (unpaired) electrons. The molecule has 46 valence electrons. The zero-order valence-electron chi connectivity index (χ0n) is 5.26. The Kier molecular flexibility index (Phi) is 4.23. The van der Waals surface area contributed by atoms with Gasteiger partial charge < -0.3 is 4.79 Å². The average Bonchev–Trinajstić information content (AvgIpc) is 1.83. The molecule has 0 aromatic heterocycles. The summed E-state index contributed by atoms with van der Waals surface area (Å²) in [7, 11) is 0. The van der Waals surface area contributed by atoms with Crippen LogP contribution >= 0.6 is 0 Å². The van der Waals surface area contributed by atoms with E-state index < -0.39 is 0 Å². The highest BCUT2D eigenvalue weighted by Gasteiger charge is 1.94. The second-order valence-electron chi connectivity index (χ2n) is 1.98. The highest BCUT2D eigenvalue weighted by Crippen LogP contribution is 2.00. The van der Waals surface area contributed by atoms with Crippen molar-refractivity contribution in [2.45, 2.75) is 19.8 Å². The second-order valence-corrected chi connectivity index (χ2v) is 1.98. The van der Waals surface area contributed by atoms with Crippen molar-refractivity contribution in [3.05, 3.63) is 12.7 Å². The lowest BCUT2D eigenvalue weighted by Crippen LogP contribution is -1.92. The summed E-state index contributed by atoms with van der Waals surface area (Å²) in [6.07, 6.45) is 4.69. The number of aldehydes is 1. The van der Waals surface area contributed by atoms with Crippen molar-refractivity contribution in [3.63, 3.8) is 0 Å². The third-order valence-corrected chi connectivity index (χ3v) is 1.06. The Balaban J connectivity index is 3.09. The number of carbonyl (C=O) groups excluding carboxylic acids is 1. The molecule has 0 aliphatic carbocycles. The van der Waals surface area contributed by atoms with Gasteiger partial charge in [-0.3, -0.25) is 0 Å². The van der Waals surface area contributed by atoms with Crippen LogP contribution in [0.1, 0.15) is 19.8 Å². The van der Waals surface area contributed by atoms with E-state index in [9.17, 15) is 4.79 Å². The van der Waals surface area contributed by atoms with Gasteiger partial charge in [0.25, 0.3) is 0 Å². The van der Waals surface area contributed by atoms with Crippen LogP contribution in [-0.2, 0) is 4.79 Å².